The molecular weight excluding hydrogens is 544 g/mol. The number of hydrogen-bond acceptors (Lipinski definition) is 6. The lowest BCUT2D eigenvalue weighted by atomic mass is 9.95. The standard InChI is InChI=1S/C34H50N4O5/c1-23(2)25(5)32(40)37-29(13-10-19-36-34(35)42)30(39)21-27-16-14-26(15-17-27)18-20-38(6)31(24(3)4)33(41)43-22-28-11-8-7-9-12-28/h7-9,11-12,14-17,23-25,29,31H,10,13,18-22H2,1-6H3,(H,37,40)(H3,35,36,42)/t25-,29-,31-/m0/s1. The highest BCUT2D eigenvalue weighted by molar-refractivity contribution is 5.91. The first-order valence-electron chi connectivity index (χ1n) is 15.2. The van der Waals surface area contributed by atoms with Gasteiger partial charge in [0.25, 0.3) is 0 Å². The summed E-state index contributed by atoms with van der Waals surface area (Å²) in [6, 6.07) is 15.9. The number of rotatable bonds is 18. The summed E-state index contributed by atoms with van der Waals surface area (Å²) in [4.78, 5) is 51.9. The molecule has 0 aliphatic heterocycles. The van der Waals surface area contributed by atoms with Crippen LogP contribution in [0.1, 0.15) is 64.2 Å². The molecule has 2 aromatic rings. The number of esters is 1. The van der Waals surface area contributed by atoms with Gasteiger partial charge in [0.15, 0.2) is 5.78 Å². The maximum atomic E-state index is 13.2. The number of Topliss-reactive ketones (excluding diaryl/α,β-unsaturated/α-hetero) is 1. The van der Waals surface area contributed by atoms with Crippen LogP contribution in [0.2, 0.25) is 0 Å². The van der Waals surface area contributed by atoms with Crippen LogP contribution in [0, 0.1) is 17.8 Å². The Morgan fingerprint density at radius 2 is 1.49 bits per heavy atom. The van der Waals surface area contributed by atoms with Crippen molar-refractivity contribution in [2.45, 2.75) is 79.0 Å². The van der Waals surface area contributed by atoms with Crippen LogP contribution in [0.5, 0.6) is 0 Å². The van der Waals surface area contributed by atoms with Gasteiger partial charge in [0, 0.05) is 25.4 Å². The molecule has 0 aliphatic rings. The third-order valence-electron chi connectivity index (χ3n) is 7.81. The van der Waals surface area contributed by atoms with Gasteiger partial charge in [0.05, 0.1) is 6.04 Å². The van der Waals surface area contributed by atoms with E-state index in [-0.39, 0.29) is 54.5 Å². The molecular formula is C34H50N4O5. The van der Waals surface area contributed by atoms with E-state index in [0.29, 0.717) is 25.9 Å². The van der Waals surface area contributed by atoms with E-state index in [0.717, 1.165) is 23.1 Å². The molecule has 236 valence electrons. The molecule has 0 saturated carbocycles. The quantitative estimate of drug-likeness (QED) is 0.175. The van der Waals surface area contributed by atoms with Crippen LogP contribution in [0.15, 0.2) is 54.6 Å². The maximum absolute atomic E-state index is 13.2. The first-order chi connectivity index (χ1) is 20.4. The van der Waals surface area contributed by atoms with Crippen molar-refractivity contribution in [2.75, 3.05) is 20.1 Å². The number of benzene rings is 2. The molecule has 43 heavy (non-hydrogen) atoms. The molecule has 9 nitrogen and oxygen atoms in total. The van der Waals surface area contributed by atoms with Gasteiger partial charge < -0.3 is 21.1 Å². The zero-order valence-corrected chi connectivity index (χ0v) is 26.6. The molecule has 4 N–H and O–H groups in total. The van der Waals surface area contributed by atoms with E-state index >= 15 is 0 Å². The largest absolute Gasteiger partial charge is 0.460 e. The fourth-order valence-electron chi connectivity index (χ4n) is 4.81. The molecule has 0 bridgehead atoms. The topological polar surface area (TPSA) is 131 Å². The number of hydrogen-bond donors (Lipinski definition) is 3. The second-order valence-electron chi connectivity index (χ2n) is 12.0. The Balaban J connectivity index is 1.95. The lowest BCUT2D eigenvalue weighted by Gasteiger charge is -2.29. The minimum Gasteiger partial charge on any atom is -0.460 e. The first-order valence-corrected chi connectivity index (χ1v) is 15.2. The van der Waals surface area contributed by atoms with E-state index in [1.807, 2.05) is 101 Å². The minimum atomic E-state index is -0.647. The molecule has 0 fully saturated rings. The van der Waals surface area contributed by atoms with Gasteiger partial charge in [-0.3, -0.25) is 19.3 Å². The smallest absolute Gasteiger partial charge is 0.323 e. The number of nitrogens with zero attached hydrogens (tertiary/aromatic N) is 1. The highest BCUT2D eigenvalue weighted by Crippen LogP contribution is 2.16. The van der Waals surface area contributed by atoms with Crippen LogP contribution in [0.25, 0.3) is 0 Å². The van der Waals surface area contributed by atoms with Gasteiger partial charge in [-0.05, 0) is 54.8 Å². The molecule has 0 spiro atoms. The van der Waals surface area contributed by atoms with Gasteiger partial charge in [-0.1, -0.05) is 89.2 Å². The Morgan fingerprint density at radius 1 is 0.860 bits per heavy atom. The van der Waals surface area contributed by atoms with Crippen molar-refractivity contribution in [1.29, 1.82) is 0 Å². The highest BCUT2D eigenvalue weighted by Gasteiger charge is 2.28. The van der Waals surface area contributed by atoms with Crippen LogP contribution < -0.4 is 16.4 Å². The summed E-state index contributed by atoms with van der Waals surface area (Å²) in [5.74, 6) is -0.452. The zero-order chi connectivity index (χ0) is 31.9. The summed E-state index contributed by atoms with van der Waals surface area (Å²) < 4.78 is 5.62. The van der Waals surface area contributed by atoms with E-state index in [1.165, 1.54) is 0 Å². The number of urea groups is 1. The molecule has 2 aromatic carbocycles. The van der Waals surface area contributed by atoms with E-state index in [1.54, 1.807) is 0 Å². The zero-order valence-electron chi connectivity index (χ0n) is 26.6. The Labute approximate surface area is 256 Å². The van der Waals surface area contributed by atoms with Gasteiger partial charge in [0.2, 0.25) is 5.91 Å². The average molecular weight is 595 g/mol. The molecule has 3 amide bonds. The number of carbonyl (C=O) groups excluding carboxylic acids is 4. The maximum Gasteiger partial charge on any atom is 0.323 e. The first kappa shape index (κ1) is 35.5. The number of carbonyl (C=O) groups is 4. The monoisotopic (exact) mass is 594 g/mol. The third-order valence-corrected chi connectivity index (χ3v) is 7.81. The predicted octanol–water partition coefficient (Wildman–Crippen LogP) is 4.27. The van der Waals surface area contributed by atoms with Crippen molar-refractivity contribution in [3.8, 4) is 0 Å². The van der Waals surface area contributed by atoms with Crippen molar-refractivity contribution in [3.63, 3.8) is 0 Å². The van der Waals surface area contributed by atoms with E-state index in [9.17, 15) is 19.2 Å². The second kappa shape index (κ2) is 18.1. The van der Waals surface area contributed by atoms with Crippen LogP contribution in [-0.2, 0) is 38.6 Å². The summed E-state index contributed by atoms with van der Waals surface area (Å²) in [5, 5.41) is 5.45. The molecule has 0 unspecified atom stereocenters. The predicted molar refractivity (Wildman–Crippen MR) is 169 cm³/mol. The van der Waals surface area contributed by atoms with Crippen LogP contribution in [-0.4, -0.2) is 60.8 Å². The van der Waals surface area contributed by atoms with E-state index in [4.69, 9.17) is 10.5 Å². The highest BCUT2D eigenvalue weighted by atomic mass is 16.5. The molecule has 2 rings (SSSR count). The summed E-state index contributed by atoms with van der Waals surface area (Å²) in [6.45, 7) is 11.1. The Morgan fingerprint density at radius 3 is 2.07 bits per heavy atom. The number of ketones is 1. The van der Waals surface area contributed by atoms with Gasteiger partial charge >= 0.3 is 12.0 Å². The molecule has 0 aliphatic carbocycles. The molecule has 0 heterocycles. The normalized spacial score (nSPS) is 13.4. The van der Waals surface area contributed by atoms with Crippen LogP contribution in [0.3, 0.4) is 0 Å². The molecule has 0 radical (unpaired) electrons. The summed E-state index contributed by atoms with van der Waals surface area (Å²) in [5.41, 5.74) is 8.05. The van der Waals surface area contributed by atoms with Crippen molar-refractivity contribution < 1.29 is 23.9 Å². The van der Waals surface area contributed by atoms with E-state index < -0.39 is 12.1 Å². The molecule has 3 atom stereocenters. The Hall–Kier alpha value is -3.72. The van der Waals surface area contributed by atoms with Crippen molar-refractivity contribution >= 4 is 23.7 Å². The van der Waals surface area contributed by atoms with Gasteiger partial charge in [-0.15, -0.1) is 0 Å². The fourth-order valence-corrected chi connectivity index (χ4v) is 4.81. The molecule has 9 heteroatoms. The summed E-state index contributed by atoms with van der Waals surface area (Å²) in [7, 11) is 1.94. The SMILES string of the molecule is CC(C)[C@H](C)C(=O)N[C@@H](CCCNC(N)=O)C(=O)Cc1ccc(CCN(C)[C@H](C(=O)OCc2ccccc2)C(C)C)cc1. The second-order valence-corrected chi connectivity index (χ2v) is 12.0. The van der Waals surface area contributed by atoms with Crippen molar-refractivity contribution in [1.82, 2.24) is 15.5 Å². The number of ether oxygens (including phenoxy) is 1. The summed E-state index contributed by atoms with van der Waals surface area (Å²) in [6.07, 6.45) is 1.84. The minimum absolute atomic E-state index is 0.0790. The van der Waals surface area contributed by atoms with E-state index in [2.05, 4.69) is 10.6 Å². The Kier molecular flexibility index (Phi) is 14.9. The summed E-state index contributed by atoms with van der Waals surface area (Å²) >= 11 is 0. The van der Waals surface area contributed by atoms with Gasteiger partial charge in [0.1, 0.15) is 12.6 Å². The number of primary amides is 1. The Bertz CT molecular complexity index is 1170. The van der Waals surface area contributed by atoms with Crippen molar-refractivity contribution in [3.05, 3.63) is 71.3 Å². The lowest BCUT2D eigenvalue weighted by Crippen LogP contribution is -2.45. The third kappa shape index (κ3) is 12.6. The number of likely N-dealkylation sites (N-methyl/N-ethyl adjacent to an activating group) is 1. The van der Waals surface area contributed by atoms with Gasteiger partial charge in [-0.25, -0.2) is 4.79 Å². The lowest BCUT2D eigenvalue weighted by molar-refractivity contribution is -0.152. The van der Waals surface area contributed by atoms with Crippen molar-refractivity contribution in [2.24, 2.45) is 23.5 Å². The fraction of sp³-hybridized carbons (Fsp3) is 0.529. The average Bonchev–Trinajstić information content (AvgIpc) is 2.96. The van der Waals surface area contributed by atoms with Crippen LogP contribution >= 0.6 is 0 Å². The molecule has 0 aromatic heterocycles. The van der Waals surface area contributed by atoms with Crippen LogP contribution in [0.4, 0.5) is 4.79 Å². The number of nitrogens with two attached hydrogens (primary N) is 1. The number of amides is 3. The van der Waals surface area contributed by atoms with Gasteiger partial charge in [-0.2, -0.15) is 0 Å². The number of nitrogens with one attached hydrogen (secondary N) is 2. The molecule has 0 saturated heterocycles.